The Bertz CT molecular complexity index is 626. The minimum absolute atomic E-state index is 0.341. The number of likely N-dealkylation sites (N-methyl/N-ethyl adjacent to an activating group) is 1. The molecule has 1 heterocycles. The fourth-order valence-corrected chi connectivity index (χ4v) is 2.08. The van der Waals surface area contributed by atoms with Gasteiger partial charge in [-0.3, -0.25) is 0 Å². The molecule has 1 aromatic heterocycles. The van der Waals surface area contributed by atoms with Crippen molar-refractivity contribution in [3.05, 3.63) is 41.6 Å². The third-order valence-corrected chi connectivity index (χ3v) is 3.23. The van der Waals surface area contributed by atoms with Crippen LogP contribution < -0.4 is 0 Å². The van der Waals surface area contributed by atoms with E-state index in [-0.39, 0.29) is 5.97 Å². The molecular weight excluding hydrogens is 252 g/mol. The lowest BCUT2D eigenvalue weighted by Crippen LogP contribution is -2.14. The Hall–Kier alpha value is -2.07. The van der Waals surface area contributed by atoms with Gasteiger partial charge in [0.2, 0.25) is 0 Å². The maximum Gasteiger partial charge on any atom is 0.330 e. The molecule has 0 aliphatic rings. The van der Waals surface area contributed by atoms with Crippen molar-refractivity contribution in [3.63, 3.8) is 0 Å². The Balaban J connectivity index is 2.25. The number of fused-ring (bicyclic) bond motifs is 1. The molecule has 0 saturated heterocycles. The number of methoxy groups -OCH3 is 1. The average Bonchev–Trinajstić information content (AvgIpc) is 2.84. The Labute approximate surface area is 119 Å². The van der Waals surface area contributed by atoms with E-state index in [0.717, 1.165) is 24.0 Å². The highest BCUT2D eigenvalue weighted by Gasteiger charge is 2.04. The number of nitrogens with zero attached hydrogens (tertiary/aromatic N) is 1. The van der Waals surface area contributed by atoms with Crippen molar-refractivity contribution in [1.29, 1.82) is 0 Å². The lowest BCUT2D eigenvalue weighted by atomic mass is 10.1. The SMILES string of the molecule is COC(=O)/C=C\c1ccc2[nH]cc(CCN(C)C)c2c1. The van der Waals surface area contributed by atoms with Crippen LogP contribution in [0.15, 0.2) is 30.5 Å². The highest BCUT2D eigenvalue weighted by Crippen LogP contribution is 2.21. The lowest BCUT2D eigenvalue weighted by Gasteiger charge is -2.08. The van der Waals surface area contributed by atoms with Crippen LogP contribution in [0.25, 0.3) is 17.0 Å². The second-order valence-electron chi connectivity index (χ2n) is 5.03. The summed E-state index contributed by atoms with van der Waals surface area (Å²) in [6.45, 7) is 1.01. The number of H-pyrrole nitrogens is 1. The fraction of sp³-hybridized carbons (Fsp3) is 0.312. The highest BCUT2D eigenvalue weighted by atomic mass is 16.5. The topological polar surface area (TPSA) is 45.3 Å². The molecule has 0 aliphatic carbocycles. The molecule has 106 valence electrons. The molecule has 20 heavy (non-hydrogen) atoms. The predicted molar refractivity (Wildman–Crippen MR) is 81.6 cm³/mol. The Morgan fingerprint density at radius 1 is 1.40 bits per heavy atom. The third kappa shape index (κ3) is 3.48. The summed E-state index contributed by atoms with van der Waals surface area (Å²) in [4.78, 5) is 16.6. The predicted octanol–water partition coefficient (Wildman–Crippen LogP) is 2.46. The first-order chi connectivity index (χ1) is 9.60. The number of carbonyl (C=O) groups is 1. The maximum atomic E-state index is 11.1. The van der Waals surface area contributed by atoms with Crippen molar-refractivity contribution in [2.45, 2.75) is 6.42 Å². The van der Waals surface area contributed by atoms with Gasteiger partial charge in [-0.15, -0.1) is 0 Å². The van der Waals surface area contributed by atoms with Gasteiger partial charge in [0.25, 0.3) is 0 Å². The van der Waals surface area contributed by atoms with Crippen LogP contribution in [0.2, 0.25) is 0 Å². The van der Waals surface area contributed by atoms with Crippen molar-refractivity contribution in [2.24, 2.45) is 0 Å². The Kier molecular flexibility index (Phi) is 4.58. The second-order valence-corrected chi connectivity index (χ2v) is 5.03. The molecule has 2 aromatic rings. The molecule has 4 nitrogen and oxygen atoms in total. The molecule has 0 fully saturated rings. The normalized spacial score (nSPS) is 11.6. The molecule has 0 radical (unpaired) electrons. The van der Waals surface area contributed by atoms with Gasteiger partial charge in [0.05, 0.1) is 7.11 Å². The van der Waals surface area contributed by atoms with E-state index >= 15 is 0 Å². The van der Waals surface area contributed by atoms with E-state index in [1.165, 1.54) is 24.1 Å². The summed E-state index contributed by atoms with van der Waals surface area (Å²) in [6.07, 6.45) is 6.26. The van der Waals surface area contributed by atoms with E-state index in [0.29, 0.717) is 0 Å². The van der Waals surface area contributed by atoms with Gasteiger partial charge in [-0.25, -0.2) is 4.79 Å². The van der Waals surface area contributed by atoms with Crippen LogP contribution in [0, 0.1) is 0 Å². The van der Waals surface area contributed by atoms with Gasteiger partial charge in [0.1, 0.15) is 0 Å². The first-order valence-electron chi connectivity index (χ1n) is 6.61. The minimum atomic E-state index is -0.341. The van der Waals surface area contributed by atoms with Gasteiger partial charge in [0.15, 0.2) is 0 Å². The number of carbonyl (C=O) groups excluding carboxylic acids is 1. The summed E-state index contributed by atoms with van der Waals surface area (Å²) in [6, 6.07) is 6.11. The zero-order valence-electron chi connectivity index (χ0n) is 12.1. The molecule has 0 aliphatic heterocycles. The summed E-state index contributed by atoms with van der Waals surface area (Å²) < 4.78 is 4.60. The van der Waals surface area contributed by atoms with Gasteiger partial charge in [0, 0.05) is 29.7 Å². The number of aromatic nitrogens is 1. The van der Waals surface area contributed by atoms with E-state index in [9.17, 15) is 4.79 Å². The number of rotatable bonds is 5. The lowest BCUT2D eigenvalue weighted by molar-refractivity contribution is -0.134. The number of hydrogen-bond donors (Lipinski definition) is 1. The minimum Gasteiger partial charge on any atom is -0.466 e. The van der Waals surface area contributed by atoms with Crippen LogP contribution in [0.5, 0.6) is 0 Å². The Morgan fingerprint density at radius 2 is 2.20 bits per heavy atom. The van der Waals surface area contributed by atoms with Crippen molar-refractivity contribution in [3.8, 4) is 0 Å². The first-order valence-corrected chi connectivity index (χ1v) is 6.61. The highest BCUT2D eigenvalue weighted by molar-refractivity contribution is 5.89. The largest absolute Gasteiger partial charge is 0.466 e. The fourth-order valence-electron chi connectivity index (χ4n) is 2.08. The van der Waals surface area contributed by atoms with E-state index in [2.05, 4.69) is 41.0 Å². The summed E-state index contributed by atoms with van der Waals surface area (Å²) >= 11 is 0. The molecular formula is C16H20N2O2. The van der Waals surface area contributed by atoms with Gasteiger partial charge in [-0.1, -0.05) is 6.07 Å². The molecule has 0 unspecified atom stereocenters. The first kappa shape index (κ1) is 14.3. The van der Waals surface area contributed by atoms with Gasteiger partial charge in [-0.05, 0) is 49.9 Å². The molecule has 0 saturated carbocycles. The van der Waals surface area contributed by atoms with Crippen LogP contribution in [0.3, 0.4) is 0 Å². The van der Waals surface area contributed by atoms with Crippen molar-refractivity contribution in [1.82, 2.24) is 9.88 Å². The molecule has 2 rings (SSSR count). The van der Waals surface area contributed by atoms with Crippen LogP contribution in [-0.2, 0) is 16.0 Å². The monoisotopic (exact) mass is 272 g/mol. The number of benzene rings is 1. The number of nitrogens with one attached hydrogen (secondary N) is 1. The van der Waals surface area contributed by atoms with Gasteiger partial charge in [-0.2, -0.15) is 0 Å². The number of hydrogen-bond acceptors (Lipinski definition) is 3. The summed E-state index contributed by atoms with van der Waals surface area (Å²) in [5, 5.41) is 1.21. The molecule has 4 heteroatoms. The van der Waals surface area contributed by atoms with Crippen molar-refractivity contribution in [2.75, 3.05) is 27.7 Å². The van der Waals surface area contributed by atoms with E-state index in [4.69, 9.17) is 0 Å². The van der Waals surface area contributed by atoms with Crippen LogP contribution in [-0.4, -0.2) is 43.6 Å². The van der Waals surface area contributed by atoms with Crippen LogP contribution in [0.1, 0.15) is 11.1 Å². The summed E-state index contributed by atoms with van der Waals surface area (Å²) in [5.74, 6) is -0.341. The number of ether oxygens (including phenoxy) is 1. The molecule has 0 bridgehead atoms. The van der Waals surface area contributed by atoms with Gasteiger partial charge >= 0.3 is 5.97 Å². The van der Waals surface area contributed by atoms with Gasteiger partial charge < -0.3 is 14.6 Å². The van der Waals surface area contributed by atoms with Crippen molar-refractivity contribution < 1.29 is 9.53 Å². The van der Waals surface area contributed by atoms with Crippen LogP contribution >= 0.6 is 0 Å². The summed E-state index contributed by atoms with van der Waals surface area (Å²) in [5.41, 5.74) is 3.41. The molecule has 0 amide bonds. The number of esters is 1. The standard InChI is InChI=1S/C16H20N2O2/c1-18(2)9-8-13-11-17-15-6-4-12(10-14(13)15)5-7-16(19)20-3/h4-7,10-11,17H,8-9H2,1-3H3/b7-5-. The van der Waals surface area contributed by atoms with Crippen LogP contribution in [0.4, 0.5) is 0 Å². The van der Waals surface area contributed by atoms with E-state index < -0.39 is 0 Å². The summed E-state index contributed by atoms with van der Waals surface area (Å²) in [7, 11) is 5.51. The maximum absolute atomic E-state index is 11.1. The zero-order chi connectivity index (χ0) is 14.5. The number of aromatic amines is 1. The van der Waals surface area contributed by atoms with E-state index in [1.54, 1.807) is 6.08 Å². The second kappa shape index (κ2) is 6.39. The zero-order valence-corrected chi connectivity index (χ0v) is 12.1. The molecule has 1 N–H and O–H groups in total. The van der Waals surface area contributed by atoms with E-state index in [1.807, 2.05) is 12.1 Å². The molecule has 0 atom stereocenters. The third-order valence-electron chi connectivity index (χ3n) is 3.23. The molecule has 0 spiro atoms. The van der Waals surface area contributed by atoms with Crippen molar-refractivity contribution >= 4 is 22.9 Å². The Morgan fingerprint density at radius 3 is 2.90 bits per heavy atom. The quantitative estimate of drug-likeness (QED) is 0.672. The average molecular weight is 272 g/mol. The molecule has 1 aromatic carbocycles. The smallest absolute Gasteiger partial charge is 0.330 e.